The molecule has 3 nitrogen and oxygen atoms in total. The van der Waals surface area contributed by atoms with Crippen molar-refractivity contribution < 1.29 is 4.79 Å². The predicted octanol–water partition coefficient (Wildman–Crippen LogP) is 2.38. The second-order valence-corrected chi connectivity index (χ2v) is 5.57. The highest BCUT2D eigenvalue weighted by Gasteiger charge is 2.35. The van der Waals surface area contributed by atoms with Crippen LogP contribution < -0.4 is 5.73 Å². The summed E-state index contributed by atoms with van der Waals surface area (Å²) in [5.41, 5.74) is 7.94. The van der Waals surface area contributed by atoms with E-state index in [1.807, 2.05) is 12.1 Å². The van der Waals surface area contributed by atoms with E-state index >= 15 is 0 Å². The molecule has 3 heteroatoms. The number of hydrogen-bond acceptors (Lipinski definition) is 2. The highest BCUT2D eigenvalue weighted by Crippen LogP contribution is 2.34. The van der Waals surface area contributed by atoms with E-state index in [0.717, 1.165) is 44.5 Å². The van der Waals surface area contributed by atoms with Gasteiger partial charge in [-0.05, 0) is 43.4 Å². The Morgan fingerprint density at radius 1 is 1.28 bits per heavy atom. The molecule has 1 saturated carbocycles. The quantitative estimate of drug-likeness (QED) is 0.812. The van der Waals surface area contributed by atoms with Crippen molar-refractivity contribution in [1.82, 2.24) is 4.90 Å². The minimum absolute atomic E-state index is 0.338. The first-order valence-corrected chi connectivity index (χ1v) is 6.88. The molecule has 1 aromatic rings. The Morgan fingerprint density at radius 3 is 2.83 bits per heavy atom. The maximum absolute atomic E-state index is 12.1. The summed E-state index contributed by atoms with van der Waals surface area (Å²) in [5.74, 6) is 1.18. The van der Waals surface area contributed by atoms with E-state index in [4.69, 9.17) is 5.73 Å². The van der Waals surface area contributed by atoms with Gasteiger partial charge in [-0.2, -0.15) is 0 Å². The van der Waals surface area contributed by atoms with Gasteiger partial charge in [-0.3, -0.25) is 4.79 Å². The third kappa shape index (κ3) is 2.35. The van der Waals surface area contributed by atoms with Gasteiger partial charge in [0.15, 0.2) is 0 Å². The van der Waals surface area contributed by atoms with Crippen LogP contribution in [0, 0.1) is 5.92 Å². The number of rotatable bonds is 2. The molecule has 1 heterocycles. The highest BCUT2D eigenvalue weighted by molar-refractivity contribution is 5.81. The molecule has 0 spiro atoms. The molecule has 1 aliphatic heterocycles. The molecule has 2 aliphatic rings. The number of likely N-dealkylation sites (tertiary alicyclic amines) is 1. The number of nitrogen functional groups attached to an aromatic ring is 1. The van der Waals surface area contributed by atoms with Crippen LogP contribution in [0.5, 0.6) is 0 Å². The van der Waals surface area contributed by atoms with Crippen LogP contribution in [0.3, 0.4) is 0 Å². The molecule has 1 saturated heterocycles. The van der Waals surface area contributed by atoms with Crippen LogP contribution in [0.1, 0.15) is 37.2 Å². The van der Waals surface area contributed by atoms with Gasteiger partial charge in [0, 0.05) is 30.6 Å². The first-order valence-electron chi connectivity index (χ1n) is 6.88. The van der Waals surface area contributed by atoms with Crippen LogP contribution in [-0.4, -0.2) is 23.9 Å². The topological polar surface area (TPSA) is 46.3 Å². The zero-order valence-electron chi connectivity index (χ0n) is 10.6. The van der Waals surface area contributed by atoms with Gasteiger partial charge < -0.3 is 10.6 Å². The Hall–Kier alpha value is -1.51. The van der Waals surface area contributed by atoms with Gasteiger partial charge >= 0.3 is 0 Å². The van der Waals surface area contributed by atoms with Gasteiger partial charge in [0.2, 0.25) is 5.91 Å². The van der Waals surface area contributed by atoms with Crippen molar-refractivity contribution in [2.75, 3.05) is 18.8 Å². The van der Waals surface area contributed by atoms with Crippen LogP contribution in [0.4, 0.5) is 5.69 Å². The predicted molar refractivity (Wildman–Crippen MR) is 72.1 cm³/mol. The van der Waals surface area contributed by atoms with E-state index in [-0.39, 0.29) is 0 Å². The lowest BCUT2D eigenvalue weighted by Crippen LogP contribution is -2.39. The second-order valence-electron chi connectivity index (χ2n) is 5.57. The molecule has 1 atom stereocenters. The Kier molecular flexibility index (Phi) is 2.98. The van der Waals surface area contributed by atoms with E-state index < -0.39 is 0 Å². The fourth-order valence-electron chi connectivity index (χ4n) is 2.85. The number of anilines is 1. The molecular weight excluding hydrogens is 224 g/mol. The van der Waals surface area contributed by atoms with Crippen LogP contribution in [0.25, 0.3) is 0 Å². The maximum Gasteiger partial charge on any atom is 0.225 e. The van der Waals surface area contributed by atoms with Crippen molar-refractivity contribution in [1.29, 1.82) is 0 Å². The van der Waals surface area contributed by atoms with Crippen LogP contribution in [0.2, 0.25) is 0 Å². The summed E-state index contributed by atoms with van der Waals surface area (Å²) in [6.45, 7) is 1.81. The van der Waals surface area contributed by atoms with Gasteiger partial charge in [-0.1, -0.05) is 12.1 Å². The van der Waals surface area contributed by atoms with Crippen LogP contribution in [0.15, 0.2) is 24.3 Å². The number of benzene rings is 1. The minimum Gasteiger partial charge on any atom is -0.399 e. The normalized spacial score (nSPS) is 24.0. The van der Waals surface area contributed by atoms with Crippen molar-refractivity contribution in [3.8, 4) is 0 Å². The summed E-state index contributed by atoms with van der Waals surface area (Å²) in [6, 6.07) is 8.10. The van der Waals surface area contributed by atoms with E-state index in [1.165, 1.54) is 5.56 Å². The number of nitrogens with two attached hydrogens (primary N) is 1. The van der Waals surface area contributed by atoms with Gasteiger partial charge in [-0.15, -0.1) is 0 Å². The van der Waals surface area contributed by atoms with Crippen LogP contribution >= 0.6 is 0 Å². The molecule has 1 aromatic carbocycles. The molecule has 1 amide bonds. The average Bonchev–Trinajstić information content (AvgIpc) is 3.22. The number of carbonyl (C=O) groups excluding carboxylic acids is 1. The molecule has 1 aliphatic carbocycles. The summed E-state index contributed by atoms with van der Waals surface area (Å²) >= 11 is 0. The number of hydrogen-bond donors (Lipinski definition) is 1. The highest BCUT2D eigenvalue weighted by atomic mass is 16.2. The molecule has 3 rings (SSSR count). The third-order valence-corrected chi connectivity index (χ3v) is 4.04. The average molecular weight is 244 g/mol. The zero-order chi connectivity index (χ0) is 12.5. The summed E-state index contributed by atoms with van der Waals surface area (Å²) in [4.78, 5) is 14.2. The van der Waals surface area contributed by atoms with Crippen molar-refractivity contribution >= 4 is 11.6 Å². The molecule has 0 bridgehead atoms. The number of piperidine rings is 1. The summed E-state index contributed by atoms with van der Waals surface area (Å²) in [5, 5.41) is 0. The standard InChI is InChI=1S/C15H20N2O/c16-14-5-1-3-12(9-14)13-4-2-8-17(10-13)15(18)11-6-7-11/h1,3,5,9,11,13H,2,4,6-8,10,16H2. The largest absolute Gasteiger partial charge is 0.399 e. The number of amides is 1. The van der Waals surface area contributed by atoms with E-state index in [2.05, 4.69) is 17.0 Å². The SMILES string of the molecule is Nc1cccc(C2CCCN(C(=O)C3CC3)C2)c1. The fraction of sp³-hybridized carbons (Fsp3) is 0.533. The first-order chi connectivity index (χ1) is 8.74. The van der Waals surface area contributed by atoms with Gasteiger partial charge in [0.05, 0.1) is 0 Å². The Balaban J connectivity index is 1.71. The minimum atomic E-state index is 0.338. The summed E-state index contributed by atoms with van der Waals surface area (Å²) in [6.07, 6.45) is 4.46. The molecule has 0 aromatic heterocycles. The number of nitrogens with zero attached hydrogens (tertiary/aromatic N) is 1. The van der Waals surface area contributed by atoms with E-state index in [1.54, 1.807) is 0 Å². The monoisotopic (exact) mass is 244 g/mol. The summed E-state index contributed by atoms with van der Waals surface area (Å²) in [7, 11) is 0. The molecule has 1 unspecified atom stereocenters. The van der Waals surface area contributed by atoms with E-state index in [0.29, 0.717) is 17.7 Å². The smallest absolute Gasteiger partial charge is 0.225 e. The lowest BCUT2D eigenvalue weighted by Gasteiger charge is -2.33. The Morgan fingerprint density at radius 2 is 2.11 bits per heavy atom. The molecule has 96 valence electrons. The van der Waals surface area contributed by atoms with Gasteiger partial charge in [0.1, 0.15) is 0 Å². The zero-order valence-corrected chi connectivity index (χ0v) is 10.6. The van der Waals surface area contributed by atoms with Crippen molar-refractivity contribution in [3.63, 3.8) is 0 Å². The molecular formula is C15H20N2O. The first kappa shape index (κ1) is 11.6. The molecule has 0 radical (unpaired) electrons. The lowest BCUT2D eigenvalue weighted by atomic mass is 9.90. The van der Waals surface area contributed by atoms with Crippen molar-refractivity contribution in [3.05, 3.63) is 29.8 Å². The van der Waals surface area contributed by atoms with Gasteiger partial charge in [-0.25, -0.2) is 0 Å². The maximum atomic E-state index is 12.1. The van der Waals surface area contributed by atoms with Crippen molar-refractivity contribution in [2.24, 2.45) is 5.92 Å². The lowest BCUT2D eigenvalue weighted by molar-refractivity contribution is -0.133. The third-order valence-electron chi connectivity index (χ3n) is 4.04. The van der Waals surface area contributed by atoms with Crippen molar-refractivity contribution in [2.45, 2.75) is 31.6 Å². The fourth-order valence-corrected chi connectivity index (χ4v) is 2.85. The van der Waals surface area contributed by atoms with E-state index in [9.17, 15) is 4.79 Å². The van der Waals surface area contributed by atoms with Crippen LogP contribution in [-0.2, 0) is 4.79 Å². The molecule has 2 N–H and O–H groups in total. The second kappa shape index (κ2) is 4.63. The molecule has 18 heavy (non-hydrogen) atoms. The Labute approximate surface area is 108 Å². The van der Waals surface area contributed by atoms with Gasteiger partial charge in [0.25, 0.3) is 0 Å². The Bertz CT molecular complexity index is 454. The number of carbonyl (C=O) groups is 1. The summed E-state index contributed by atoms with van der Waals surface area (Å²) < 4.78 is 0. The molecule has 2 fully saturated rings.